The van der Waals surface area contributed by atoms with Gasteiger partial charge in [0.1, 0.15) is 5.75 Å². The predicted molar refractivity (Wildman–Crippen MR) is 117 cm³/mol. The van der Waals surface area contributed by atoms with Gasteiger partial charge in [-0.05, 0) is 55.3 Å². The number of Topliss-reactive ketones (excluding diaryl/α,β-unsaturated/α-hetero) is 1. The molecule has 1 aromatic heterocycles. The lowest BCUT2D eigenvalue weighted by Gasteiger charge is -2.16. The fourth-order valence-corrected chi connectivity index (χ4v) is 3.28. The van der Waals surface area contributed by atoms with Crippen LogP contribution in [0.15, 0.2) is 53.3 Å². The van der Waals surface area contributed by atoms with Crippen LogP contribution in [0, 0.1) is 0 Å². The van der Waals surface area contributed by atoms with E-state index in [1.54, 1.807) is 24.3 Å². The lowest BCUT2D eigenvalue weighted by Crippen LogP contribution is -2.26. The zero-order valence-corrected chi connectivity index (χ0v) is 18.5. The molecule has 0 fully saturated rings. The van der Waals surface area contributed by atoms with Crippen LogP contribution >= 0.6 is 11.6 Å². The van der Waals surface area contributed by atoms with Crippen LogP contribution in [0.25, 0.3) is 11.1 Å². The molecule has 0 bridgehead atoms. The number of alkyl halides is 3. The number of ether oxygens (including phenoxy) is 2. The van der Waals surface area contributed by atoms with Gasteiger partial charge in [-0.3, -0.25) is 9.59 Å². The Hall–Kier alpha value is -3.33. The van der Waals surface area contributed by atoms with Crippen LogP contribution in [0.4, 0.5) is 13.2 Å². The molecule has 3 rings (SSSR count). The summed E-state index contributed by atoms with van der Waals surface area (Å²) in [6, 6.07) is 12.2. The Bertz CT molecular complexity index is 1210. The van der Waals surface area contributed by atoms with Crippen molar-refractivity contribution in [1.82, 2.24) is 9.78 Å². The van der Waals surface area contributed by atoms with Crippen molar-refractivity contribution in [3.63, 3.8) is 0 Å². The normalized spacial score (nSPS) is 11.3. The number of halogens is 4. The monoisotopic (exact) mass is 480 g/mol. The highest BCUT2D eigenvalue weighted by Crippen LogP contribution is 2.33. The van der Waals surface area contributed by atoms with Crippen LogP contribution in [-0.4, -0.2) is 35.0 Å². The van der Waals surface area contributed by atoms with Crippen LogP contribution in [-0.2, 0) is 6.54 Å². The highest BCUT2D eigenvalue weighted by atomic mass is 35.5. The highest BCUT2D eigenvalue weighted by Gasteiger charge is 2.30. The van der Waals surface area contributed by atoms with Gasteiger partial charge in [-0.2, -0.15) is 13.2 Å². The third-order valence-electron chi connectivity index (χ3n) is 4.55. The van der Waals surface area contributed by atoms with E-state index in [1.807, 2.05) is 6.92 Å². The Labute approximate surface area is 192 Å². The van der Waals surface area contributed by atoms with E-state index in [0.29, 0.717) is 17.9 Å². The molecule has 33 heavy (non-hydrogen) atoms. The van der Waals surface area contributed by atoms with Crippen LogP contribution in [0.2, 0.25) is 5.02 Å². The summed E-state index contributed by atoms with van der Waals surface area (Å²) in [5.41, 5.74) is 0.356. The summed E-state index contributed by atoms with van der Waals surface area (Å²) in [4.78, 5) is 24.9. The number of hydrogen-bond donors (Lipinski definition) is 0. The van der Waals surface area contributed by atoms with E-state index in [4.69, 9.17) is 21.1 Å². The second-order valence-electron chi connectivity index (χ2n) is 7.09. The molecule has 0 aliphatic carbocycles. The summed E-state index contributed by atoms with van der Waals surface area (Å²) in [5.74, 6) is -0.159. The Morgan fingerprint density at radius 1 is 1.06 bits per heavy atom. The van der Waals surface area contributed by atoms with Crippen molar-refractivity contribution in [3.8, 4) is 22.8 Å². The second-order valence-corrected chi connectivity index (χ2v) is 7.52. The molecule has 0 saturated heterocycles. The average molecular weight is 481 g/mol. The summed E-state index contributed by atoms with van der Waals surface area (Å²) in [6.45, 7) is 2.00. The molecular formula is C23H20ClF3N2O4. The summed E-state index contributed by atoms with van der Waals surface area (Å²) in [7, 11) is 0. The largest absolute Gasteiger partial charge is 0.494 e. The number of carbonyl (C=O) groups is 1. The van der Waals surface area contributed by atoms with Gasteiger partial charge in [-0.25, -0.2) is 4.68 Å². The quantitative estimate of drug-likeness (QED) is 0.417. The first kappa shape index (κ1) is 24.3. The van der Waals surface area contributed by atoms with Gasteiger partial charge in [-0.1, -0.05) is 23.7 Å². The molecule has 174 valence electrons. The van der Waals surface area contributed by atoms with Crippen LogP contribution in [0.5, 0.6) is 11.6 Å². The van der Waals surface area contributed by atoms with Crippen molar-refractivity contribution in [1.29, 1.82) is 0 Å². The zero-order chi connectivity index (χ0) is 24.2. The summed E-state index contributed by atoms with van der Waals surface area (Å²) < 4.78 is 49.9. The first-order chi connectivity index (χ1) is 15.6. The molecule has 10 heteroatoms. The highest BCUT2D eigenvalue weighted by molar-refractivity contribution is 6.31. The summed E-state index contributed by atoms with van der Waals surface area (Å²) >= 11 is 6.04. The molecule has 0 atom stereocenters. The second kappa shape index (κ2) is 10.1. The molecule has 3 aromatic rings. The smallest absolute Gasteiger partial charge is 0.422 e. The first-order valence-electron chi connectivity index (χ1n) is 9.91. The molecule has 0 amide bonds. The number of hydrogen-bond acceptors (Lipinski definition) is 5. The van der Waals surface area contributed by atoms with E-state index < -0.39 is 24.2 Å². The standard InChI is InChI=1S/C23H20ClF3N2O4/c1-3-32-17-7-4-15(5-8-17)12-29-21(31)11-20(22(28-29)33-13-23(25,26)27)19-10-16(24)6-9-18(19)14(2)30/h4-11H,3,12-13H2,1-2H3. The van der Waals surface area contributed by atoms with Crippen molar-refractivity contribution in [2.45, 2.75) is 26.6 Å². The van der Waals surface area contributed by atoms with Gasteiger partial charge in [0.25, 0.3) is 5.56 Å². The SMILES string of the molecule is CCOc1ccc(Cn2nc(OCC(F)(F)F)c(-c3cc(Cl)ccc3C(C)=O)cc2=O)cc1. The van der Waals surface area contributed by atoms with Crippen molar-refractivity contribution >= 4 is 17.4 Å². The van der Waals surface area contributed by atoms with Crippen molar-refractivity contribution in [2.24, 2.45) is 0 Å². The minimum atomic E-state index is -4.63. The number of nitrogens with zero attached hydrogens (tertiary/aromatic N) is 2. The van der Waals surface area contributed by atoms with Gasteiger partial charge >= 0.3 is 6.18 Å². The Morgan fingerprint density at radius 3 is 2.36 bits per heavy atom. The molecule has 6 nitrogen and oxygen atoms in total. The maximum Gasteiger partial charge on any atom is 0.422 e. The van der Waals surface area contributed by atoms with Gasteiger partial charge in [-0.15, -0.1) is 5.10 Å². The van der Waals surface area contributed by atoms with Gasteiger partial charge in [0.2, 0.25) is 5.88 Å². The van der Waals surface area contributed by atoms with Gasteiger partial charge in [0.15, 0.2) is 12.4 Å². The molecule has 0 unspecified atom stereocenters. The number of ketones is 1. The van der Waals surface area contributed by atoms with Crippen molar-refractivity contribution in [3.05, 3.63) is 75.0 Å². The van der Waals surface area contributed by atoms with E-state index >= 15 is 0 Å². The molecular weight excluding hydrogens is 461 g/mol. The zero-order valence-electron chi connectivity index (χ0n) is 17.8. The molecule has 0 spiro atoms. The van der Waals surface area contributed by atoms with Crippen molar-refractivity contribution < 1.29 is 27.4 Å². The maximum absolute atomic E-state index is 12.9. The van der Waals surface area contributed by atoms with E-state index in [-0.39, 0.29) is 34.0 Å². The van der Waals surface area contributed by atoms with Crippen LogP contribution in [0.1, 0.15) is 29.8 Å². The molecule has 1 heterocycles. The Morgan fingerprint density at radius 2 is 1.76 bits per heavy atom. The molecule has 0 aliphatic heterocycles. The number of benzene rings is 2. The van der Waals surface area contributed by atoms with Crippen molar-refractivity contribution in [2.75, 3.05) is 13.2 Å². The van der Waals surface area contributed by atoms with E-state index in [0.717, 1.165) is 10.7 Å². The number of aromatic nitrogens is 2. The van der Waals surface area contributed by atoms with E-state index in [9.17, 15) is 22.8 Å². The molecule has 0 radical (unpaired) electrons. The summed E-state index contributed by atoms with van der Waals surface area (Å²) in [6.07, 6.45) is -4.63. The van der Waals surface area contributed by atoms with E-state index in [2.05, 4.69) is 5.10 Å². The van der Waals surface area contributed by atoms with Gasteiger partial charge in [0.05, 0.1) is 18.7 Å². The average Bonchev–Trinajstić information content (AvgIpc) is 2.74. The Balaban J connectivity index is 2.07. The van der Waals surface area contributed by atoms with Crippen LogP contribution in [0.3, 0.4) is 0 Å². The Kier molecular flexibility index (Phi) is 7.43. The lowest BCUT2D eigenvalue weighted by molar-refractivity contribution is -0.154. The molecule has 0 saturated carbocycles. The van der Waals surface area contributed by atoms with Crippen LogP contribution < -0.4 is 15.0 Å². The molecule has 2 aromatic carbocycles. The minimum absolute atomic E-state index is 0.0109. The lowest BCUT2D eigenvalue weighted by atomic mass is 9.98. The fraction of sp³-hybridized carbons (Fsp3) is 0.261. The third kappa shape index (κ3) is 6.35. The summed E-state index contributed by atoms with van der Waals surface area (Å²) in [5, 5.41) is 4.26. The van der Waals surface area contributed by atoms with Gasteiger partial charge in [0, 0.05) is 16.7 Å². The van der Waals surface area contributed by atoms with Gasteiger partial charge < -0.3 is 9.47 Å². The van der Waals surface area contributed by atoms with E-state index in [1.165, 1.54) is 25.1 Å². The predicted octanol–water partition coefficient (Wildman–Crippen LogP) is 5.15. The number of rotatable bonds is 8. The topological polar surface area (TPSA) is 70.4 Å². The third-order valence-corrected chi connectivity index (χ3v) is 4.79. The molecule has 0 N–H and O–H groups in total. The molecule has 0 aliphatic rings. The number of carbonyl (C=O) groups excluding carboxylic acids is 1. The fourth-order valence-electron chi connectivity index (χ4n) is 3.11. The first-order valence-corrected chi connectivity index (χ1v) is 10.3. The maximum atomic E-state index is 12.9. The minimum Gasteiger partial charge on any atom is -0.494 e.